The molecule has 63 heavy (non-hydrogen) atoms. The van der Waals surface area contributed by atoms with Crippen LogP contribution in [-0.2, 0) is 51.4 Å². The fourth-order valence-corrected chi connectivity index (χ4v) is 6.48. The van der Waals surface area contributed by atoms with Gasteiger partial charge in [-0.05, 0) is 143 Å². The molecule has 3 aromatic carbocycles. The first-order valence-corrected chi connectivity index (χ1v) is 22.6. The van der Waals surface area contributed by atoms with Gasteiger partial charge in [0.25, 0.3) is 0 Å². The monoisotopic (exact) mass is 855 g/mol. The normalized spacial score (nSPS) is 10.9. The minimum absolute atomic E-state index is 0. The summed E-state index contributed by atoms with van der Waals surface area (Å²) in [6, 6.07) is 34.7. The van der Waals surface area contributed by atoms with E-state index in [0.717, 1.165) is 62.5 Å². The number of hydrogen-bond donors (Lipinski definition) is 0. The Morgan fingerprint density at radius 3 is 0.921 bits per heavy atom. The maximum atomic E-state index is 4.43. The van der Waals surface area contributed by atoms with Gasteiger partial charge >= 0.3 is 0 Å². The van der Waals surface area contributed by atoms with Crippen molar-refractivity contribution in [1.29, 1.82) is 0 Å². The zero-order valence-corrected chi connectivity index (χ0v) is 40.9. The van der Waals surface area contributed by atoms with Crippen LogP contribution in [0.4, 0.5) is 0 Å². The fraction of sp³-hybridized carbons (Fsp3) is 0.508. The van der Waals surface area contributed by atoms with Crippen LogP contribution in [-0.4, -0.2) is 9.97 Å². The van der Waals surface area contributed by atoms with Gasteiger partial charge in [-0.25, -0.2) is 0 Å². The Morgan fingerprint density at radius 2 is 0.603 bits per heavy atom. The van der Waals surface area contributed by atoms with Gasteiger partial charge in [-0.2, -0.15) is 0 Å². The molecule has 0 atom stereocenters. The van der Waals surface area contributed by atoms with Gasteiger partial charge < -0.3 is 0 Å². The summed E-state index contributed by atoms with van der Waals surface area (Å²) in [5, 5.41) is 0. The molecule has 0 amide bonds. The first kappa shape index (κ1) is 60.6. The maximum Gasteiger partial charge on any atom is 0.0409 e. The molecule has 2 nitrogen and oxygen atoms in total. The SMILES string of the molecule is C.C.C.CCc1ccc(C#Cc2ccc(CC(C)(C)C)cc2)cc1.CCc1ccc(CC(C)(C)C)cc1.CCc1ccc(CC(C)(C)C)cn1.CCc1ccc(CC(C)(C)C)nc1. The number of pyridine rings is 2. The fourth-order valence-electron chi connectivity index (χ4n) is 6.48. The first-order valence-electron chi connectivity index (χ1n) is 22.6. The Balaban J connectivity index is 0. The lowest BCUT2D eigenvalue weighted by Gasteiger charge is -2.18. The lowest BCUT2D eigenvalue weighted by Crippen LogP contribution is -2.10. The van der Waals surface area contributed by atoms with Gasteiger partial charge in [0.05, 0.1) is 0 Å². The van der Waals surface area contributed by atoms with Crippen LogP contribution >= 0.6 is 0 Å². The molecule has 0 bridgehead atoms. The smallest absolute Gasteiger partial charge is 0.0409 e. The minimum Gasteiger partial charge on any atom is -0.261 e. The standard InChI is InChI=1S/C21H24.C13H20.2C12H19N.3CH4/c1-5-17-6-8-18(9-7-17)10-11-19-12-14-20(15-13-19)16-21(2,3)4;1-5-11-6-8-12(9-7-11)10-13(2,3)4;1-5-11-7-6-10(9-13-11)8-12(2,3)4;1-5-10-6-7-11(13-9-10)8-12(2,3)4;;;/h6-9,12-15H,5,16H2,1-4H3;6-9H,5,10H2,1-4H3;2*6-7,9H,5,8H2,1-4H3;3*1H4. The molecular weight excluding hydrogens is 761 g/mol. The molecule has 2 heterocycles. The molecule has 0 aliphatic heterocycles. The average Bonchev–Trinajstić information content (AvgIpc) is 3.17. The molecule has 0 spiro atoms. The Hall–Kier alpha value is -4.48. The van der Waals surface area contributed by atoms with Crippen LogP contribution in [0.25, 0.3) is 0 Å². The van der Waals surface area contributed by atoms with E-state index in [4.69, 9.17) is 0 Å². The largest absolute Gasteiger partial charge is 0.261 e. The van der Waals surface area contributed by atoms with Crippen molar-refractivity contribution < 1.29 is 0 Å². The molecule has 5 rings (SSSR count). The highest BCUT2D eigenvalue weighted by molar-refractivity contribution is 5.44. The van der Waals surface area contributed by atoms with E-state index in [1.165, 1.54) is 44.8 Å². The molecule has 2 aromatic heterocycles. The maximum absolute atomic E-state index is 4.43. The molecule has 0 aliphatic rings. The summed E-state index contributed by atoms with van der Waals surface area (Å²) in [4.78, 5) is 8.82. The van der Waals surface area contributed by atoms with Crippen LogP contribution in [0, 0.1) is 33.5 Å². The number of hydrogen-bond acceptors (Lipinski definition) is 2. The molecular formula is C61H94N2. The van der Waals surface area contributed by atoms with Crippen molar-refractivity contribution in [3.63, 3.8) is 0 Å². The summed E-state index contributed by atoms with van der Waals surface area (Å²) in [7, 11) is 0. The third-order valence-electron chi connectivity index (χ3n) is 9.56. The Kier molecular flexibility index (Phi) is 28.0. The summed E-state index contributed by atoms with van der Waals surface area (Å²) < 4.78 is 0. The first-order chi connectivity index (χ1) is 28.0. The van der Waals surface area contributed by atoms with E-state index in [-0.39, 0.29) is 22.3 Å². The molecule has 0 aliphatic carbocycles. The van der Waals surface area contributed by atoms with Crippen molar-refractivity contribution in [3.8, 4) is 11.8 Å². The van der Waals surface area contributed by atoms with Crippen LogP contribution in [0.5, 0.6) is 0 Å². The molecule has 0 N–H and O–H groups in total. The quantitative estimate of drug-likeness (QED) is 0.145. The van der Waals surface area contributed by atoms with Crippen molar-refractivity contribution in [1.82, 2.24) is 9.97 Å². The third kappa shape index (κ3) is 28.8. The minimum atomic E-state index is 0. The van der Waals surface area contributed by atoms with Crippen molar-refractivity contribution >= 4 is 0 Å². The van der Waals surface area contributed by atoms with Crippen molar-refractivity contribution in [2.24, 2.45) is 21.7 Å². The number of benzene rings is 3. The van der Waals surface area contributed by atoms with Crippen LogP contribution < -0.4 is 0 Å². The average molecular weight is 855 g/mol. The van der Waals surface area contributed by atoms with Gasteiger partial charge in [0, 0.05) is 34.9 Å². The van der Waals surface area contributed by atoms with E-state index in [2.05, 4.69) is 230 Å². The summed E-state index contributed by atoms with van der Waals surface area (Å²) in [6.07, 6.45) is 12.7. The molecule has 348 valence electrons. The topological polar surface area (TPSA) is 25.8 Å². The zero-order valence-electron chi connectivity index (χ0n) is 40.9. The number of rotatable bonds is 8. The predicted octanol–water partition coefficient (Wildman–Crippen LogP) is 17.4. The molecule has 0 radical (unpaired) electrons. The third-order valence-corrected chi connectivity index (χ3v) is 9.56. The summed E-state index contributed by atoms with van der Waals surface area (Å²) in [5.41, 5.74) is 14.2. The van der Waals surface area contributed by atoms with E-state index in [9.17, 15) is 0 Å². The van der Waals surface area contributed by atoms with E-state index in [0.29, 0.717) is 21.7 Å². The van der Waals surface area contributed by atoms with Gasteiger partial charge in [0.15, 0.2) is 0 Å². The molecule has 5 aromatic rings. The Bertz CT molecular complexity index is 1820. The Morgan fingerprint density at radius 1 is 0.317 bits per heavy atom. The van der Waals surface area contributed by atoms with Crippen LogP contribution in [0.2, 0.25) is 0 Å². The second-order valence-electron chi connectivity index (χ2n) is 21.1. The Labute approximate surface area is 391 Å². The van der Waals surface area contributed by atoms with Gasteiger partial charge in [-0.1, -0.05) is 206 Å². The highest BCUT2D eigenvalue weighted by Crippen LogP contribution is 2.23. The summed E-state index contributed by atoms with van der Waals surface area (Å²) in [6.45, 7) is 35.7. The second kappa shape index (κ2) is 29.1. The molecule has 0 saturated heterocycles. The van der Waals surface area contributed by atoms with Crippen LogP contribution in [0.15, 0.2) is 109 Å². The van der Waals surface area contributed by atoms with Crippen molar-refractivity contribution in [2.75, 3.05) is 0 Å². The molecule has 0 saturated carbocycles. The summed E-state index contributed by atoms with van der Waals surface area (Å²) >= 11 is 0. The number of aryl methyl sites for hydroxylation is 4. The molecule has 0 fully saturated rings. The highest BCUT2D eigenvalue weighted by Gasteiger charge is 2.13. The van der Waals surface area contributed by atoms with Gasteiger partial charge in [-0.3, -0.25) is 9.97 Å². The predicted molar refractivity (Wildman–Crippen MR) is 284 cm³/mol. The van der Waals surface area contributed by atoms with E-state index in [1.54, 1.807) is 0 Å². The highest BCUT2D eigenvalue weighted by atomic mass is 14.7. The molecule has 2 heteroatoms. The molecule has 0 unspecified atom stereocenters. The number of nitrogens with zero attached hydrogens (tertiary/aromatic N) is 2. The van der Waals surface area contributed by atoms with Gasteiger partial charge in [-0.15, -0.1) is 0 Å². The van der Waals surface area contributed by atoms with E-state index in [1.807, 2.05) is 12.4 Å². The zero-order chi connectivity index (χ0) is 45.0. The van der Waals surface area contributed by atoms with Crippen LogP contribution in [0.1, 0.15) is 189 Å². The summed E-state index contributed by atoms with van der Waals surface area (Å²) in [5.74, 6) is 6.47. The lowest BCUT2D eigenvalue weighted by molar-refractivity contribution is 0.406. The van der Waals surface area contributed by atoms with Crippen molar-refractivity contribution in [3.05, 3.63) is 165 Å². The number of aromatic nitrogens is 2. The van der Waals surface area contributed by atoms with E-state index < -0.39 is 0 Å². The second-order valence-corrected chi connectivity index (χ2v) is 21.1. The van der Waals surface area contributed by atoms with E-state index >= 15 is 0 Å². The van der Waals surface area contributed by atoms with Gasteiger partial charge in [0.1, 0.15) is 0 Å². The van der Waals surface area contributed by atoms with Crippen molar-refractivity contribution in [2.45, 2.75) is 184 Å². The van der Waals surface area contributed by atoms with Crippen LogP contribution in [0.3, 0.4) is 0 Å². The van der Waals surface area contributed by atoms with Gasteiger partial charge in [0.2, 0.25) is 0 Å². The lowest BCUT2D eigenvalue weighted by atomic mass is 9.88.